The van der Waals surface area contributed by atoms with Crippen molar-refractivity contribution >= 4 is 17.6 Å². The first-order chi connectivity index (χ1) is 7.59. The molecule has 0 unspecified atom stereocenters. The molecule has 1 heterocycles. The van der Waals surface area contributed by atoms with Gasteiger partial charge in [-0.25, -0.2) is 9.48 Å². The Bertz CT molecular complexity index is 600. The first-order valence-electron chi connectivity index (χ1n) is 4.40. The minimum absolute atomic E-state index is 0.176. The first-order valence-corrected chi connectivity index (χ1v) is 4.77. The monoisotopic (exact) mass is 238 g/mol. The fraction of sp³-hybridized carbons (Fsp3) is 0. The Balaban J connectivity index is 2.61. The van der Waals surface area contributed by atoms with E-state index in [-0.39, 0.29) is 5.69 Å². The van der Waals surface area contributed by atoms with Crippen LogP contribution in [0.15, 0.2) is 35.1 Å². The van der Waals surface area contributed by atoms with Crippen LogP contribution in [0.3, 0.4) is 0 Å². The van der Waals surface area contributed by atoms with E-state index in [2.05, 4.69) is 5.10 Å². The largest absolute Gasteiger partial charge is 0.477 e. The van der Waals surface area contributed by atoms with E-state index in [1.54, 1.807) is 24.3 Å². The van der Waals surface area contributed by atoms with Gasteiger partial charge in [0.1, 0.15) is 5.69 Å². The van der Waals surface area contributed by atoms with Crippen LogP contribution in [0, 0.1) is 0 Å². The molecule has 0 aliphatic heterocycles. The Morgan fingerprint density at radius 2 is 2.06 bits per heavy atom. The predicted molar refractivity (Wildman–Crippen MR) is 58.4 cm³/mol. The number of halogens is 1. The van der Waals surface area contributed by atoms with Gasteiger partial charge in [0, 0.05) is 6.07 Å². The van der Waals surface area contributed by atoms with E-state index in [4.69, 9.17) is 16.7 Å². The maximum Gasteiger partial charge on any atom is 0.353 e. The maximum absolute atomic E-state index is 11.5. The van der Waals surface area contributed by atoms with Gasteiger partial charge in [-0.1, -0.05) is 23.7 Å². The first kappa shape index (κ1) is 10.5. The van der Waals surface area contributed by atoms with Gasteiger partial charge in [0.25, 0.3) is 5.56 Å². The number of H-pyrrole nitrogens is 1. The van der Waals surface area contributed by atoms with Crippen LogP contribution in [-0.2, 0) is 0 Å². The summed E-state index contributed by atoms with van der Waals surface area (Å²) < 4.78 is 1.09. The zero-order valence-electron chi connectivity index (χ0n) is 7.98. The summed E-state index contributed by atoms with van der Waals surface area (Å²) in [5.41, 5.74) is -0.225. The molecule has 0 amide bonds. The Morgan fingerprint density at radius 3 is 2.62 bits per heavy atom. The topological polar surface area (TPSA) is 75.1 Å². The third-order valence-electron chi connectivity index (χ3n) is 2.04. The highest BCUT2D eigenvalue weighted by molar-refractivity contribution is 6.32. The van der Waals surface area contributed by atoms with E-state index in [1.807, 2.05) is 0 Å². The number of nitrogens with zero attached hydrogens (tertiary/aromatic N) is 1. The molecule has 6 heteroatoms. The van der Waals surface area contributed by atoms with Crippen LogP contribution in [0.4, 0.5) is 0 Å². The highest BCUT2D eigenvalue weighted by Gasteiger charge is 2.11. The number of hydrogen-bond acceptors (Lipinski definition) is 2. The quantitative estimate of drug-likeness (QED) is 0.833. The van der Waals surface area contributed by atoms with Crippen molar-refractivity contribution in [2.75, 3.05) is 0 Å². The van der Waals surface area contributed by atoms with Gasteiger partial charge in [0.05, 0.1) is 10.7 Å². The molecule has 2 N–H and O–H groups in total. The summed E-state index contributed by atoms with van der Waals surface area (Å²) >= 11 is 5.89. The van der Waals surface area contributed by atoms with Gasteiger partial charge in [-0.05, 0) is 12.1 Å². The molecule has 0 atom stereocenters. The van der Waals surface area contributed by atoms with E-state index in [0.29, 0.717) is 10.7 Å². The highest BCUT2D eigenvalue weighted by atomic mass is 35.5. The van der Waals surface area contributed by atoms with Crippen molar-refractivity contribution in [3.63, 3.8) is 0 Å². The number of aromatic nitrogens is 2. The fourth-order valence-corrected chi connectivity index (χ4v) is 1.54. The van der Waals surface area contributed by atoms with Crippen molar-refractivity contribution < 1.29 is 9.90 Å². The number of benzene rings is 1. The molecule has 0 aliphatic carbocycles. The van der Waals surface area contributed by atoms with Crippen LogP contribution in [0.25, 0.3) is 5.69 Å². The van der Waals surface area contributed by atoms with E-state index >= 15 is 0 Å². The number of carbonyl (C=O) groups is 1. The van der Waals surface area contributed by atoms with Crippen LogP contribution in [0.1, 0.15) is 10.5 Å². The molecule has 0 saturated carbocycles. The molecule has 1 aromatic heterocycles. The van der Waals surface area contributed by atoms with Crippen molar-refractivity contribution in [3.8, 4) is 5.69 Å². The Hall–Kier alpha value is -2.01. The average molecular weight is 239 g/mol. The second kappa shape index (κ2) is 3.86. The number of carboxylic acids is 1. The van der Waals surface area contributed by atoms with Gasteiger partial charge in [0.2, 0.25) is 0 Å². The van der Waals surface area contributed by atoms with Crippen LogP contribution < -0.4 is 5.56 Å². The molecule has 0 radical (unpaired) electrons. The summed E-state index contributed by atoms with van der Waals surface area (Å²) in [5, 5.41) is 11.5. The lowest BCUT2D eigenvalue weighted by Crippen LogP contribution is -2.13. The van der Waals surface area contributed by atoms with Crippen molar-refractivity contribution in [2.45, 2.75) is 0 Å². The molecule has 5 nitrogen and oxygen atoms in total. The lowest BCUT2D eigenvalue weighted by Gasteiger charge is -2.03. The zero-order valence-corrected chi connectivity index (χ0v) is 8.73. The summed E-state index contributed by atoms with van der Waals surface area (Å²) in [6.07, 6.45) is 0. The van der Waals surface area contributed by atoms with Crippen LogP contribution in [-0.4, -0.2) is 20.9 Å². The fourth-order valence-electron chi connectivity index (χ4n) is 1.32. The second-order valence-corrected chi connectivity index (χ2v) is 3.51. The summed E-state index contributed by atoms with van der Waals surface area (Å²) in [5.74, 6) is -1.19. The third-order valence-corrected chi connectivity index (χ3v) is 2.36. The van der Waals surface area contributed by atoms with E-state index < -0.39 is 11.5 Å². The number of para-hydroxylation sites is 1. The molecule has 16 heavy (non-hydrogen) atoms. The molecule has 1 aromatic carbocycles. The number of carboxylic acid groups (broad SMARTS) is 1. The minimum Gasteiger partial charge on any atom is -0.477 e. The lowest BCUT2D eigenvalue weighted by molar-refractivity contribution is 0.0690. The number of nitrogens with one attached hydrogen (secondary N) is 1. The summed E-state index contributed by atoms with van der Waals surface area (Å²) in [4.78, 5) is 22.2. The SMILES string of the molecule is O=C(O)c1cc(=O)n(-c2ccccc2Cl)[nH]1. The molecule has 0 spiro atoms. The minimum atomic E-state index is -1.19. The summed E-state index contributed by atoms with van der Waals surface area (Å²) in [6.45, 7) is 0. The third kappa shape index (κ3) is 1.72. The number of aromatic amines is 1. The number of rotatable bonds is 2. The van der Waals surface area contributed by atoms with E-state index in [1.165, 1.54) is 0 Å². The van der Waals surface area contributed by atoms with Gasteiger partial charge < -0.3 is 5.11 Å². The predicted octanol–water partition coefficient (Wildman–Crippen LogP) is 1.52. The average Bonchev–Trinajstić information content (AvgIpc) is 2.61. The van der Waals surface area contributed by atoms with Crippen molar-refractivity contribution in [3.05, 3.63) is 51.4 Å². The Labute approximate surface area is 94.9 Å². The summed E-state index contributed by atoms with van der Waals surface area (Å²) in [7, 11) is 0. The number of hydrogen-bond donors (Lipinski definition) is 2. The standard InChI is InChI=1S/C10H7ClN2O3/c11-6-3-1-2-4-8(6)13-9(14)5-7(12-13)10(15)16/h1-5,12H,(H,15,16). The Morgan fingerprint density at radius 1 is 1.38 bits per heavy atom. The normalized spacial score (nSPS) is 10.3. The van der Waals surface area contributed by atoms with Gasteiger partial charge in [-0.2, -0.15) is 0 Å². The molecule has 82 valence electrons. The van der Waals surface area contributed by atoms with Gasteiger partial charge in [-0.3, -0.25) is 9.89 Å². The second-order valence-electron chi connectivity index (χ2n) is 3.10. The van der Waals surface area contributed by atoms with Gasteiger partial charge >= 0.3 is 5.97 Å². The van der Waals surface area contributed by atoms with E-state index in [0.717, 1.165) is 10.7 Å². The Kier molecular flexibility index (Phi) is 2.54. The molecule has 0 saturated heterocycles. The maximum atomic E-state index is 11.5. The zero-order chi connectivity index (χ0) is 11.7. The number of aromatic carboxylic acids is 1. The van der Waals surface area contributed by atoms with Crippen LogP contribution >= 0.6 is 11.6 Å². The van der Waals surface area contributed by atoms with Crippen molar-refractivity contribution in [2.24, 2.45) is 0 Å². The smallest absolute Gasteiger partial charge is 0.353 e. The molecule has 2 rings (SSSR count). The van der Waals surface area contributed by atoms with E-state index in [9.17, 15) is 9.59 Å². The molecular weight excluding hydrogens is 232 g/mol. The van der Waals surface area contributed by atoms with Crippen molar-refractivity contribution in [1.29, 1.82) is 0 Å². The molecule has 0 aliphatic rings. The molecule has 0 bridgehead atoms. The van der Waals surface area contributed by atoms with Gasteiger partial charge in [-0.15, -0.1) is 0 Å². The molecular formula is C10H7ClN2O3. The summed E-state index contributed by atoms with van der Waals surface area (Å²) in [6, 6.07) is 7.66. The molecule has 2 aromatic rings. The highest BCUT2D eigenvalue weighted by Crippen LogP contribution is 2.17. The van der Waals surface area contributed by atoms with Gasteiger partial charge in [0.15, 0.2) is 0 Å². The van der Waals surface area contributed by atoms with Crippen LogP contribution in [0.5, 0.6) is 0 Å². The molecule has 0 fully saturated rings. The van der Waals surface area contributed by atoms with Crippen LogP contribution in [0.2, 0.25) is 5.02 Å². The lowest BCUT2D eigenvalue weighted by atomic mass is 10.3. The van der Waals surface area contributed by atoms with Crippen molar-refractivity contribution in [1.82, 2.24) is 9.78 Å².